The average Bonchev–Trinajstić information content (AvgIpc) is 3.16. The number of rotatable bonds is 5. The maximum atomic E-state index is 6.39. The Morgan fingerprint density at radius 3 is 2.54 bits per heavy atom. The second-order valence-corrected chi connectivity index (χ2v) is 6.20. The zero-order valence-corrected chi connectivity index (χ0v) is 14.2. The fourth-order valence-electron chi connectivity index (χ4n) is 2.98. The van der Waals surface area contributed by atoms with Gasteiger partial charge in [0.1, 0.15) is 0 Å². The largest absolute Gasteiger partial charge is 0.321 e. The normalized spacial score (nSPS) is 12.7. The maximum absolute atomic E-state index is 6.39. The van der Waals surface area contributed by atoms with Crippen molar-refractivity contribution in [1.29, 1.82) is 0 Å². The summed E-state index contributed by atoms with van der Waals surface area (Å²) < 4.78 is 1.64. The molecule has 26 heavy (non-hydrogen) atoms. The molecular weight excluding hydrogens is 322 g/mol. The Morgan fingerprint density at radius 2 is 1.69 bits per heavy atom. The standard InChI is InChI=1S/C21H19N5/c22-20(15-17-10-11-18-8-4-5-9-19(18)14-17)21-23-24-25-26(21)13-12-16-6-2-1-3-7-16/h1-14,20H,15,22H2. The third-order valence-electron chi connectivity index (χ3n) is 4.33. The number of nitrogens with two attached hydrogens (primary N) is 1. The predicted molar refractivity (Wildman–Crippen MR) is 104 cm³/mol. The summed E-state index contributed by atoms with van der Waals surface area (Å²) in [5.41, 5.74) is 8.63. The highest BCUT2D eigenvalue weighted by atomic mass is 15.5. The van der Waals surface area contributed by atoms with E-state index < -0.39 is 0 Å². The Hall–Kier alpha value is -3.31. The van der Waals surface area contributed by atoms with Crippen molar-refractivity contribution in [3.63, 3.8) is 0 Å². The van der Waals surface area contributed by atoms with Crippen molar-refractivity contribution in [2.24, 2.45) is 5.73 Å². The molecule has 3 aromatic carbocycles. The van der Waals surface area contributed by atoms with Crippen LogP contribution in [0.5, 0.6) is 0 Å². The van der Waals surface area contributed by atoms with Gasteiger partial charge in [-0.05, 0) is 44.8 Å². The van der Waals surface area contributed by atoms with E-state index in [2.05, 4.69) is 45.9 Å². The quantitative estimate of drug-likeness (QED) is 0.601. The van der Waals surface area contributed by atoms with Gasteiger partial charge in [0, 0.05) is 6.20 Å². The molecule has 1 unspecified atom stereocenters. The monoisotopic (exact) mass is 341 g/mol. The number of aromatic nitrogens is 4. The molecule has 0 bridgehead atoms. The van der Waals surface area contributed by atoms with Crippen LogP contribution < -0.4 is 5.73 Å². The third kappa shape index (κ3) is 3.53. The number of fused-ring (bicyclic) bond motifs is 1. The van der Waals surface area contributed by atoms with Gasteiger partial charge < -0.3 is 5.73 Å². The lowest BCUT2D eigenvalue weighted by Crippen LogP contribution is -2.18. The average molecular weight is 341 g/mol. The van der Waals surface area contributed by atoms with Gasteiger partial charge in [-0.1, -0.05) is 72.8 Å². The van der Waals surface area contributed by atoms with E-state index in [0.29, 0.717) is 12.2 Å². The highest BCUT2D eigenvalue weighted by Gasteiger charge is 2.14. The molecule has 1 aromatic heterocycles. The Kier molecular flexibility index (Phi) is 4.53. The fraction of sp³-hybridized carbons (Fsp3) is 0.0952. The Balaban J connectivity index is 1.54. The lowest BCUT2D eigenvalue weighted by Gasteiger charge is -2.11. The van der Waals surface area contributed by atoms with Crippen LogP contribution in [0.25, 0.3) is 23.0 Å². The van der Waals surface area contributed by atoms with E-state index in [1.54, 1.807) is 4.68 Å². The number of tetrazole rings is 1. The molecule has 0 amide bonds. The number of benzene rings is 3. The Labute approximate surface area is 151 Å². The third-order valence-corrected chi connectivity index (χ3v) is 4.33. The summed E-state index contributed by atoms with van der Waals surface area (Å²) in [6, 6.07) is 24.4. The molecule has 5 heteroatoms. The molecule has 1 heterocycles. The molecule has 1 atom stereocenters. The minimum atomic E-state index is -0.286. The van der Waals surface area contributed by atoms with Crippen molar-refractivity contribution in [3.05, 3.63) is 89.7 Å². The maximum Gasteiger partial charge on any atom is 0.172 e. The summed E-state index contributed by atoms with van der Waals surface area (Å²) >= 11 is 0. The van der Waals surface area contributed by atoms with Crippen molar-refractivity contribution >= 4 is 23.0 Å². The van der Waals surface area contributed by atoms with Gasteiger partial charge >= 0.3 is 0 Å². The van der Waals surface area contributed by atoms with Gasteiger partial charge in [-0.3, -0.25) is 0 Å². The van der Waals surface area contributed by atoms with Crippen LogP contribution in [0.3, 0.4) is 0 Å². The van der Waals surface area contributed by atoms with Crippen LogP contribution >= 0.6 is 0 Å². The minimum absolute atomic E-state index is 0.286. The molecule has 5 nitrogen and oxygen atoms in total. The second-order valence-electron chi connectivity index (χ2n) is 6.20. The molecule has 2 N–H and O–H groups in total. The first-order valence-electron chi connectivity index (χ1n) is 8.54. The van der Waals surface area contributed by atoms with Crippen molar-refractivity contribution in [1.82, 2.24) is 20.2 Å². The van der Waals surface area contributed by atoms with E-state index in [1.807, 2.05) is 54.7 Å². The van der Waals surface area contributed by atoms with Crippen molar-refractivity contribution < 1.29 is 0 Å². The second kappa shape index (κ2) is 7.29. The zero-order valence-electron chi connectivity index (χ0n) is 14.2. The van der Waals surface area contributed by atoms with Crippen LogP contribution in [0, 0.1) is 0 Å². The highest BCUT2D eigenvalue weighted by molar-refractivity contribution is 5.83. The minimum Gasteiger partial charge on any atom is -0.321 e. The molecule has 4 aromatic rings. The van der Waals surface area contributed by atoms with Crippen LogP contribution in [-0.2, 0) is 6.42 Å². The molecule has 0 saturated heterocycles. The molecule has 0 radical (unpaired) electrons. The Morgan fingerprint density at radius 1 is 0.923 bits per heavy atom. The van der Waals surface area contributed by atoms with Crippen molar-refractivity contribution in [2.45, 2.75) is 12.5 Å². The van der Waals surface area contributed by atoms with Crippen LogP contribution in [-0.4, -0.2) is 20.2 Å². The molecule has 0 spiro atoms. The van der Waals surface area contributed by atoms with Crippen LogP contribution in [0.4, 0.5) is 0 Å². The molecule has 0 aliphatic heterocycles. The molecule has 128 valence electrons. The summed E-state index contributed by atoms with van der Waals surface area (Å²) in [4.78, 5) is 0. The van der Waals surface area contributed by atoms with Crippen LogP contribution in [0.15, 0.2) is 72.8 Å². The van der Waals surface area contributed by atoms with E-state index >= 15 is 0 Å². The van der Waals surface area contributed by atoms with Crippen LogP contribution in [0.1, 0.15) is 23.0 Å². The predicted octanol–water partition coefficient (Wildman–Crippen LogP) is 3.70. The lowest BCUT2D eigenvalue weighted by molar-refractivity contribution is 0.647. The van der Waals surface area contributed by atoms with Gasteiger partial charge in [-0.15, -0.1) is 5.10 Å². The zero-order chi connectivity index (χ0) is 17.8. The summed E-state index contributed by atoms with van der Waals surface area (Å²) in [7, 11) is 0. The molecular formula is C21H19N5. The van der Waals surface area contributed by atoms with Gasteiger partial charge in [-0.25, -0.2) is 4.68 Å². The van der Waals surface area contributed by atoms with E-state index in [-0.39, 0.29) is 6.04 Å². The topological polar surface area (TPSA) is 69.6 Å². The first kappa shape index (κ1) is 16.2. The summed E-state index contributed by atoms with van der Waals surface area (Å²) in [5.74, 6) is 0.644. The number of hydrogen-bond donors (Lipinski definition) is 1. The number of nitrogens with zero attached hydrogens (tertiary/aromatic N) is 4. The molecule has 4 rings (SSSR count). The van der Waals surface area contributed by atoms with Gasteiger partial charge in [0.25, 0.3) is 0 Å². The van der Waals surface area contributed by atoms with E-state index in [4.69, 9.17) is 5.73 Å². The van der Waals surface area contributed by atoms with Gasteiger partial charge in [0.05, 0.1) is 6.04 Å². The summed E-state index contributed by atoms with van der Waals surface area (Å²) in [6.45, 7) is 0. The molecule has 0 aliphatic carbocycles. The van der Waals surface area contributed by atoms with Crippen molar-refractivity contribution in [2.75, 3.05) is 0 Å². The van der Waals surface area contributed by atoms with E-state index in [0.717, 1.165) is 11.1 Å². The first-order valence-corrected chi connectivity index (χ1v) is 8.54. The number of hydrogen-bond acceptors (Lipinski definition) is 4. The van der Waals surface area contributed by atoms with Gasteiger partial charge in [0.2, 0.25) is 0 Å². The molecule has 0 saturated carbocycles. The fourth-order valence-corrected chi connectivity index (χ4v) is 2.98. The van der Waals surface area contributed by atoms with Crippen molar-refractivity contribution in [3.8, 4) is 0 Å². The Bertz CT molecular complexity index is 1040. The lowest BCUT2D eigenvalue weighted by atomic mass is 10.0. The van der Waals surface area contributed by atoms with Gasteiger partial charge in [-0.2, -0.15) is 0 Å². The van der Waals surface area contributed by atoms with Gasteiger partial charge in [0.15, 0.2) is 5.82 Å². The summed E-state index contributed by atoms with van der Waals surface area (Å²) in [5, 5.41) is 14.4. The first-order chi connectivity index (χ1) is 12.8. The van der Waals surface area contributed by atoms with Crippen LogP contribution in [0.2, 0.25) is 0 Å². The smallest absolute Gasteiger partial charge is 0.172 e. The van der Waals surface area contributed by atoms with E-state index in [9.17, 15) is 0 Å². The summed E-state index contributed by atoms with van der Waals surface area (Å²) in [6.07, 6.45) is 4.47. The highest BCUT2D eigenvalue weighted by Crippen LogP contribution is 2.19. The molecule has 0 fully saturated rings. The molecule has 0 aliphatic rings. The SMILES string of the molecule is NC(Cc1ccc2ccccc2c1)c1nnnn1C=Cc1ccccc1. The van der Waals surface area contributed by atoms with E-state index in [1.165, 1.54) is 10.8 Å².